The van der Waals surface area contributed by atoms with Gasteiger partial charge in [-0.15, -0.1) is 0 Å². The predicted molar refractivity (Wildman–Crippen MR) is 99.0 cm³/mol. The molecule has 0 aliphatic heterocycles. The number of nitrogens with zero attached hydrogens (tertiary/aromatic N) is 3. The molecule has 0 atom stereocenters. The van der Waals surface area contributed by atoms with Crippen molar-refractivity contribution in [1.29, 1.82) is 0 Å². The van der Waals surface area contributed by atoms with E-state index in [2.05, 4.69) is 9.97 Å². The van der Waals surface area contributed by atoms with Gasteiger partial charge in [-0.2, -0.15) is 0 Å². The van der Waals surface area contributed by atoms with Crippen molar-refractivity contribution in [2.75, 3.05) is 0 Å². The Bertz CT molecular complexity index is 1040. The molecule has 0 N–H and O–H groups in total. The molecule has 0 saturated carbocycles. The van der Waals surface area contributed by atoms with Gasteiger partial charge < -0.3 is 9.15 Å². The van der Waals surface area contributed by atoms with Crippen LogP contribution in [0.25, 0.3) is 0 Å². The van der Waals surface area contributed by atoms with Gasteiger partial charge in [-0.25, -0.2) is 9.97 Å². The van der Waals surface area contributed by atoms with Gasteiger partial charge in [0.05, 0.1) is 17.1 Å². The SMILES string of the molecule is O=C(Cc1ccc([N+](=O)[O-])cc1)Oc1coc(CSc2ncccn2)cc1=O. The number of hydrogen-bond donors (Lipinski definition) is 0. The van der Waals surface area contributed by atoms with Crippen molar-refractivity contribution < 1.29 is 18.9 Å². The number of rotatable bonds is 7. The van der Waals surface area contributed by atoms with Gasteiger partial charge in [-0.3, -0.25) is 19.7 Å². The monoisotopic (exact) mass is 399 g/mol. The number of carbonyl (C=O) groups excluding carboxylic acids is 1. The fourth-order valence-corrected chi connectivity index (χ4v) is 2.84. The van der Waals surface area contributed by atoms with Crippen LogP contribution in [0, 0.1) is 10.1 Å². The van der Waals surface area contributed by atoms with Crippen LogP contribution in [0.3, 0.4) is 0 Å². The Kier molecular flexibility index (Phi) is 6.12. The molecule has 9 nitrogen and oxygen atoms in total. The minimum atomic E-state index is -0.680. The largest absolute Gasteiger partial charge is 0.464 e. The topological polar surface area (TPSA) is 125 Å². The molecule has 3 aromatic rings. The molecular formula is C18H13N3O6S. The summed E-state index contributed by atoms with van der Waals surface area (Å²) >= 11 is 1.30. The fraction of sp³-hybridized carbons (Fsp3) is 0.111. The van der Waals surface area contributed by atoms with Crippen molar-refractivity contribution in [2.45, 2.75) is 17.3 Å². The zero-order valence-electron chi connectivity index (χ0n) is 14.3. The van der Waals surface area contributed by atoms with E-state index in [-0.39, 0.29) is 17.9 Å². The normalized spacial score (nSPS) is 10.4. The van der Waals surface area contributed by atoms with E-state index >= 15 is 0 Å². The lowest BCUT2D eigenvalue weighted by Gasteiger charge is -2.05. The first kappa shape index (κ1) is 19.2. The minimum Gasteiger partial charge on any atom is -0.464 e. The number of hydrogen-bond acceptors (Lipinski definition) is 9. The van der Waals surface area contributed by atoms with Crippen molar-refractivity contribution in [2.24, 2.45) is 0 Å². The van der Waals surface area contributed by atoms with Crippen molar-refractivity contribution >= 4 is 23.4 Å². The van der Waals surface area contributed by atoms with Crippen LogP contribution < -0.4 is 10.2 Å². The number of carbonyl (C=O) groups is 1. The molecule has 0 aliphatic rings. The Balaban J connectivity index is 1.58. The van der Waals surface area contributed by atoms with E-state index in [9.17, 15) is 19.7 Å². The number of non-ortho nitro benzene ring substituents is 1. The third kappa shape index (κ3) is 5.24. The average Bonchev–Trinajstić information content (AvgIpc) is 2.69. The maximum atomic E-state index is 12.1. The number of nitro benzene ring substituents is 1. The van der Waals surface area contributed by atoms with Crippen LogP contribution in [-0.4, -0.2) is 20.9 Å². The zero-order chi connectivity index (χ0) is 19.9. The summed E-state index contributed by atoms with van der Waals surface area (Å²) in [5, 5.41) is 11.2. The van der Waals surface area contributed by atoms with Crippen LogP contribution >= 0.6 is 11.8 Å². The highest BCUT2D eigenvalue weighted by atomic mass is 32.2. The Morgan fingerprint density at radius 1 is 1.21 bits per heavy atom. The summed E-state index contributed by atoms with van der Waals surface area (Å²) in [6.45, 7) is 0. The molecule has 2 heterocycles. The Hall–Kier alpha value is -3.53. The van der Waals surface area contributed by atoms with Crippen LogP contribution in [0.15, 0.2) is 69.4 Å². The maximum absolute atomic E-state index is 12.1. The first-order valence-corrected chi connectivity index (χ1v) is 8.95. The van der Waals surface area contributed by atoms with Gasteiger partial charge in [0.15, 0.2) is 5.16 Å². The molecule has 0 spiro atoms. The number of thioether (sulfide) groups is 1. The van der Waals surface area contributed by atoms with Crippen molar-refractivity contribution in [3.63, 3.8) is 0 Å². The van der Waals surface area contributed by atoms with Crippen LogP contribution in [0.1, 0.15) is 11.3 Å². The Labute approximate surface area is 162 Å². The fourth-order valence-electron chi connectivity index (χ4n) is 2.15. The molecule has 10 heteroatoms. The predicted octanol–water partition coefficient (Wildman–Crippen LogP) is 2.78. The number of ether oxygens (including phenoxy) is 1. The van der Waals surface area contributed by atoms with Gasteiger partial charge in [0, 0.05) is 30.6 Å². The molecule has 0 fully saturated rings. The molecule has 2 aromatic heterocycles. The lowest BCUT2D eigenvalue weighted by atomic mass is 10.1. The van der Waals surface area contributed by atoms with Crippen molar-refractivity contribution in [1.82, 2.24) is 9.97 Å². The van der Waals surface area contributed by atoms with Crippen LogP contribution in [0.4, 0.5) is 5.69 Å². The van der Waals surface area contributed by atoms with E-state index in [1.165, 1.54) is 42.1 Å². The molecule has 0 radical (unpaired) electrons. The smallest absolute Gasteiger partial charge is 0.315 e. The van der Waals surface area contributed by atoms with Gasteiger partial charge >= 0.3 is 5.97 Å². The molecule has 0 amide bonds. The van der Waals surface area contributed by atoms with E-state index in [4.69, 9.17) is 9.15 Å². The van der Waals surface area contributed by atoms with Gasteiger partial charge in [0.2, 0.25) is 11.2 Å². The summed E-state index contributed by atoms with van der Waals surface area (Å²) in [4.78, 5) is 42.3. The first-order valence-electron chi connectivity index (χ1n) is 7.97. The van der Waals surface area contributed by atoms with E-state index in [0.717, 1.165) is 6.26 Å². The van der Waals surface area contributed by atoms with E-state index in [1.54, 1.807) is 18.5 Å². The highest BCUT2D eigenvalue weighted by molar-refractivity contribution is 7.98. The summed E-state index contributed by atoms with van der Waals surface area (Å²) < 4.78 is 10.4. The molecule has 142 valence electrons. The molecule has 28 heavy (non-hydrogen) atoms. The molecule has 3 rings (SSSR count). The second-order valence-electron chi connectivity index (χ2n) is 5.47. The standard InChI is InChI=1S/C18H13N3O6S/c22-15-9-14(11-28-18-19-6-1-7-20-18)26-10-16(15)27-17(23)8-12-2-4-13(5-3-12)21(24)25/h1-7,9-10H,8,11H2. The van der Waals surface area contributed by atoms with Gasteiger partial charge in [-0.1, -0.05) is 23.9 Å². The summed E-state index contributed by atoms with van der Waals surface area (Å²) in [6.07, 6.45) is 4.16. The molecule has 0 saturated heterocycles. The second-order valence-corrected chi connectivity index (χ2v) is 6.41. The van der Waals surface area contributed by atoms with Crippen molar-refractivity contribution in [3.05, 3.63) is 86.7 Å². The zero-order valence-corrected chi connectivity index (χ0v) is 15.1. The quantitative estimate of drug-likeness (QED) is 0.194. The second kappa shape index (κ2) is 8.91. The van der Waals surface area contributed by atoms with Gasteiger partial charge in [0.1, 0.15) is 12.0 Å². The van der Waals surface area contributed by atoms with Crippen LogP contribution in [0.2, 0.25) is 0 Å². The number of aromatic nitrogens is 2. The van der Waals surface area contributed by atoms with Crippen LogP contribution in [0.5, 0.6) is 5.75 Å². The van der Waals surface area contributed by atoms with Crippen molar-refractivity contribution in [3.8, 4) is 5.75 Å². The molecular weight excluding hydrogens is 386 g/mol. The lowest BCUT2D eigenvalue weighted by Crippen LogP contribution is -2.16. The number of benzene rings is 1. The Morgan fingerprint density at radius 3 is 2.57 bits per heavy atom. The molecule has 0 unspecified atom stereocenters. The van der Waals surface area contributed by atoms with E-state index in [1.807, 2.05) is 0 Å². The summed E-state index contributed by atoms with van der Waals surface area (Å²) in [6, 6.07) is 8.43. The average molecular weight is 399 g/mol. The van der Waals surface area contributed by atoms with Gasteiger partial charge in [-0.05, 0) is 11.6 Å². The Morgan fingerprint density at radius 2 is 1.93 bits per heavy atom. The van der Waals surface area contributed by atoms with E-state index in [0.29, 0.717) is 22.2 Å². The highest BCUT2D eigenvalue weighted by Gasteiger charge is 2.13. The van der Waals surface area contributed by atoms with Gasteiger partial charge in [0.25, 0.3) is 5.69 Å². The summed E-state index contributed by atoms with van der Waals surface area (Å²) in [5.74, 6) is -0.175. The summed E-state index contributed by atoms with van der Waals surface area (Å²) in [5.41, 5.74) is -0.0455. The molecule has 1 aromatic carbocycles. The summed E-state index contributed by atoms with van der Waals surface area (Å²) in [7, 11) is 0. The molecule has 0 bridgehead atoms. The van der Waals surface area contributed by atoms with Crippen LogP contribution in [-0.2, 0) is 17.0 Å². The first-order chi connectivity index (χ1) is 13.5. The third-order valence-corrected chi connectivity index (χ3v) is 4.36. The number of esters is 1. The minimum absolute atomic E-state index is 0.0767. The highest BCUT2D eigenvalue weighted by Crippen LogP contribution is 2.19. The molecule has 0 aliphatic carbocycles. The number of nitro groups is 1. The van der Waals surface area contributed by atoms with E-state index < -0.39 is 16.3 Å². The third-order valence-electron chi connectivity index (χ3n) is 3.46. The lowest BCUT2D eigenvalue weighted by molar-refractivity contribution is -0.384. The maximum Gasteiger partial charge on any atom is 0.315 e.